The van der Waals surface area contributed by atoms with E-state index >= 15 is 0 Å². The first-order chi connectivity index (χ1) is 17.6. The van der Waals surface area contributed by atoms with E-state index in [4.69, 9.17) is 4.74 Å². The molecule has 0 saturated heterocycles. The van der Waals surface area contributed by atoms with Gasteiger partial charge in [-0.2, -0.15) is 0 Å². The number of aromatic nitrogens is 1. The van der Waals surface area contributed by atoms with Crippen molar-refractivity contribution in [3.8, 4) is 5.75 Å². The standard InChI is InChI=1S/C31H37NO3SSi/c1-6-7-20-31(22-35-29-15-11-9-13-27(29)31)21-26-25-12-8-10-14-28(25)32(30(26)37(3,4)5)36(33,34)24-18-16-23(2)17-19-24/h8-19H,6-7,20-22H2,1-5H3/t31-/m0/s1. The first-order valence-electron chi connectivity index (χ1n) is 13.3. The number of hydrogen-bond acceptors (Lipinski definition) is 3. The summed E-state index contributed by atoms with van der Waals surface area (Å²) in [6, 6.07) is 23.6. The molecule has 0 saturated carbocycles. The van der Waals surface area contributed by atoms with Gasteiger partial charge < -0.3 is 4.74 Å². The average Bonchev–Trinajstić information content (AvgIpc) is 3.40. The van der Waals surface area contributed by atoms with Crippen LogP contribution in [-0.4, -0.2) is 27.1 Å². The Labute approximate surface area is 222 Å². The van der Waals surface area contributed by atoms with Crippen LogP contribution < -0.4 is 10.1 Å². The Morgan fingerprint density at radius 3 is 2.32 bits per heavy atom. The van der Waals surface area contributed by atoms with Crippen molar-refractivity contribution in [1.29, 1.82) is 0 Å². The lowest BCUT2D eigenvalue weighted by Crippen LogP contribution is -2.48. The van der Waals surface area contributed by atoms with Gasteiger partial charge in [-0.1, -0.05) is 93.5 Å². The van der Waals surface area contributed by atoms with Crippen LogP contribution in [0.4, 0.5) is 0 Å². The van der Waals surface area contributed by atoms with Crippen LogP contribution in [0.5, 0.6) is 5.75 Å². The molecule has 0 N–H and O–H groups in total. The van der Waals surface area contributed by atoms with Crippen LogP contribution in [0, 0.1) is 6.92 Å². The fourth-order valence-corrected chi connectivity index (χ4v) is 10.4. The van der Waals surface area contributed by atoms with Gasteiger partial charge in [0, 0.05) is 21.7 Å². The van der Waals surface area contributed by atoms with E-state index in [9.17, 15) is 8.42 Å². The van der Waals surface area contributed by atoms with Crippen LogP contribution in [-0.2, 0) is 21.9 Å². The van der Waals surface area contributed by atoms with Crippen molar-refractivity contribution in [3.63, 3.8) is 0 Å². The predicted octanol–water partition coefficient (Wildman–Crippen LogP) is 6.80. The molecule has 0 radical (unpaired) electrons. The van der Waals surface area contributed by atoms with Gasteiger partial charge in [0.1, 0.15) is 13.8 Å². The third-order valence-electron chi connectivity index (χ3n) is 7.69. The molecule has 0 fully saturated rings. The topological polar surface area (TPSA) is 48.3 Å². The summed E-state index contributed by atoms with van der Waals surface area (Å²) in [4.78, 5) is 0.333. The molecule has 194 valence electrons. The molecule has 2 heterocycles. The van der Waals surface area contributed by atoms with Gasteiger partial charge in [0.15, 0.2) is 0 Å². The van der Waals surface area contributed by atoms with Crippen molar-refractivity contribution in [1.82, 2.24) is 3.97 Å². The molecule has 1 aliphatic heterocycles. The van der Waals surface area contributed by atoms with Crippen LogP contribution >= 0.6 is 0 Å². The van der Waals surface area contributed by atoms with Crippen LogP contribution in [0.25, 0.3) is 10.9 Å². The van der Waals surface area contributed by atoms with Crippen LogP contribution in [0.3, 0.4) is 0 Å². The van der Waals surface area contributed by atoms with Gasteiger partial charge in [-0.25, -0.2) is 12.4 Å². The molecule has 0 unspecified atom stereocenters. The quantitative estimate of drug-likeness (QED) is 0.235. The average molecular weight is 532 g/mol. The number of benzene rings is 3. The largest absolute Gasteiger partial charge is 0.492 e. The summed E-state index contributed by atoms with van der Waals surface area (Å²) in [7, 11) is -5.93. The highest BCUT2D eigenvalue weighted by molar-refractivity contribution is 7.90. The molecule has 4 aromatic rings. The van der Waals surface area contributed by atoms with E-state index in [1.165, 1.54) is 11.1 Å². The molecule has 6 heteroatoms. The highest BCUT2D eigenvalue weighted by Gasteiger charge is 2.43. The minimum atomic E-state index is -3.79. The van der Waals surface area contributed by atoms with Crippen molar-refractivity contribution >= 4 is 34.3 Å². The molecule has 5 rings (SSSR count). The lowest BCUT2D eigenvalue weighted by Gasteiger charge is -2.30. The molecule has 4 nitrogen and oxygen atoms in total. The van der Waals surface area contributed by atoms with Crippen molar-refractivity contribution in [2.75, 3.05) is 6.61 Å². The van der Waals surface area contributed by atoms with Gasteiger partial charge in [-0.15, -0.1) is 0 Å². The van der Waals surface area contributed by atoms with E-state index in [0.717, 1.165) is 53.2 Å². The normalized spacial score (nSPS) is 17.6. The van der Waals surface area contributed by atoms with Crippen molar-refractivity contribution in [2.45, 2.75) is 69.5 Å². The zero-order chi connectivity index (χ0) is 26.4. The third kappa shape index (κ3) is 4.44. The molecular formula is C31H37NO3SSi. The maximum atomic E-state index is 14.3. The minimum absolute atomic E-state index is 0.177. The fourth-order valence-electron chi connectivity index (χ4n) is 5.90. The van der Waals surface area contributed by atoms with Crippen molar-refractivity contribution in [2.24, 2.45) is 0 Å². The number of fused-ring (bicyclic) bond motifs is 2. The Morgan fingerprint density at radius 1 is 0.946 bits per heavy atom. The number of unbranched alkanes of at least 4 members (excludes halogenated alkanes) is 1. The summed E-state index contributed by atoms with van der Waals surface area (Å²) >= 11 is 0. The molecule has 1 aromatic heterocycles. The highest BCUT2D eigenvalue weighted by atomic mass is 32.2. The number of nitrogens with zero attached hydrogens (tertiary/aromatic N) is 1. The summed E-state index contributed by atoms with van der Waals surface area (Å²) in [5.41, 5.74) is 4.06. The zero-order valence-corrected chi connectivity index (χ0v) is 24.4. The minimum Gasteiger partial charge on any atom is -0.492 e. The van der Waals surface area contributed by atoms with E-state index < -0.39 is 18.1 Å². The molecule has 1 atom stereocenters. The van der Waals surface area contributed by atoms with E-state index in [0.29, 0.717) is 11.5 Å². The summed E-state index contributed by atoms with van der Waals surface area (Å²) in [5.74, 6) is 0.962. The van der Waals surface area contributed by atoms with Gasteiger partial charge in [0.25, 0.3) is 10.0 Å². The number of ether oxygens (including phenoxy) is 1. The maximum absolute atomic E-state index is 14.3. The third-order valence-corrected chi connectivity index (χ3v) is 11.5. The second kappa shape index (κ2) is 9.48. The van der Waals surface area contributed by atoms with Gasteiger partial charge in [-0.3, -0.25) is 0 Å². The summed E-state index contributed by atoms with van der Waals surface area (Å²) in [5, 5.41) is 2.03. The number of aryl methyl sites for hydroxylation is 1. The summed E-state index contributed by atoms with van der Waals surface area (Å²) in [6.07, 6.45) is 3.98. The summed E-state index contributed by atoms with van der Waals surface area (Å²) < 4.78 is 36.5. The first-order valence-corrected chi connectivity index (χ1v) is 18.2. The summed E-state index contributed by atoms with van der Waals surface area (Å²) in [6.45, 7) is 11.6. The molecule has 3 aromatic carbocycles. The second-order valence-electron chi connectivity index (χ2n) is 11.5. The first kappa shape index (κ1) is 25.8. The number of hydrogen-bond donors (Lipinski definition) is 0. The molecule has 37 heavy (non-hydrogen) atoms. The predicted molar refractivity (Wildman–Crippen MR) is 156 cm³/mol. The second-order valence-corrected chi connectivity index (χ2v) is 18.3. The Balaban J connectivity index is 1.79. The van der Waals surface area contributed by atoms with E-state index in [2.05, 4.69) is 50.8 Å². The Hall–Kier alpha value is -2.83. The monoisotopic (exact) mass is 531 g/mol. The fraction of sp³-hybridized carbons (Fsp3) is 0.355. The van der Waals surface area contributed by atoms with E-state index in [1.54, 1.807) is 16.1 Å². The lowest BCUT2D eigenvalue weighted by atomic mass is 9.73. The van der Waals surface area contributed by atoms with Crippen molar-refractivity contribution < 1.29 is 13.2 Å². The van der Waals surface area contributed by atoms with Gasteiger partial charge in [0.05, 0.1) is 17.0 Å². The maximum Gasteiger partial charge on any atom is 0.268 e. The SMILES string of the molecule is CCCC[C@]1(Cc2c([Si](C)(C)C)n(S(=O)(=O)c3ccc(C)cc3)c3ccccc23)COc2ccccc21. The van der Waals surface area contributed by atoms with E-state index in [1.807, 2.05) is 43.3 Å². The van der Waals surface area contributed by atoms with Crippen LogP contribution in [0.15, 0.2) is 77.7 Å². The Kier molecular flexibility index (Phi) is 6.61. The molecule has 0 bridgehead atoms. The lowest BCUT2D eigenvalue weighted by molar-refractivity contribution is 0.248. The molecular weight excluding hydrogens is 494 g/mol. The van der Waals surface area contributed by atoms with Gasteiger partial charge in [0.2, 0.25) is 0 Å². The smallest absolute Gasteiger partial charge is 0.268 e. The van der Waals surface area contributed by atoms with Crippen LogP contribution in [0.2, 0.25) is 19.6 Å². The number of para-hydroxylation sites is 2. The Bertz CT molecular complexity index is 1550. The van der Waals surface area contributed by atoms with Gasteiger partial charge in [-0.05, 0) is 49.6 Å². The van der Waals surface area contributed by atoms with Crippen LogP contribution in [0.1, 0.15) is 42.9 Å². The van der Waals surface area contributed by atoms with E-state index in [-0.39, 0.29) is 5.41 Å². The Morgan fingerprint density at radius 2 is 1.62 bits per heavy atom. The van der Waals surface area contributed by atoms with Gasteiger partial charge >= 0.3 is 0 Å². The number of rotatable bonds is 8. The molecule has 1 aliphatic rings. The molecule has 0 aliphatic carbocycles. The van der Waals surface area contributed by atoms with Crippen molar-refractivity contribution in [3.05, 3.63) is 89.5 Å². The highest BCUT2D eigenvalue weighted by Crippen LogP contribution is 2.45. The zero-order valence-electron chi connectivity index (χ0n) is 22.5. The molecule has 0 spiro atoms. The molecule has 0 amide bonds.